The molecule has 0 saturated heterocycles. The van der Waals surface area contributed by atoms with Crippen LogP contribution in [0.15, 0.2) is 30.3 Å². The summed E-state index contributed by atoms with van der Waals surface area (Å²) < 4.78 is 0. The molecule has 0 bridgehead atoms. The normalized spacial score (nSPS) is 12.2. The summed E-state index contributed by atoms with van der Waals surface area (Å²) in [6.45, 7) is 2.27. The number of benzene rings is 1. The summed E-state index contributed by atoms with van der Waals surface area (Å²) in [7, 11) is 0. The second-order valence-corrected chi connectivity index (χ2v) is 7.67. The van der Waals surface area contributed by atoms with Gasteiger partial charge in [0.15, 0.2) is 0 Å². The first-order valence-corrected chi connectivity index (χ1v) is 10.5. The average molecular weight is 335 g/mol. The van der Waals surface area contributed by atoms with Crippen molar-refractivity contribution < 1.29 is 4.79 Å². The fraction of sp³-hybridized carbons (Fsp3) is 0.667. The summed E-state index contributed by atoms with van der Waals surface area (Å²) in [5.41, 5.74) is 1.29. The van der Waals surface area contributed by atoms with Crippen LogP contribution < -0.4 is 0 Å². The molecule has 0 radical (unpaired) electrons. The van der Waals surface area contributed by atoms with E-state index < -0.39 is 0 Å². The predicted octanol–water partition coefficient (Wildman–Crippen LogP) is 6.97. The summed E-state index contributed by atoms with van der Waals surface area (Å²) in [6.07, 6.45) is 15.5. The molecule has 0 aromatic heterocycles. The van der Waals surface area contributed by atoms with Crippen LogP contribution in [-0.2, 0) is 4.79 Å². The van der Waals surface area contributed by atoms with Crippen molar-refractivity contribution in [2.45, 2.75) is 82.8 Å². The third-order valence-corrected chi connectivity index (χ3v) is 5.69. The van der Waals surface area contributed by atoms with Gasteiger partial charge < -0.3 is 4.79 Å². The molecule has 1 aromatic rings. The highest BCUT2D eigenvalue weighted by atomic mass is 32.2. The fourth-order valence-corrected chi connectivity index (χ4v) is 4.09. The molecule has 0 aliphatic rings. The van der Waals surface area contributed by atoms with Gasteiger partial charge in [0.25, 0.3) is 0 Å². The molecule has 1 rings (SSSR count). The molecule has 0 spiro atoms. The van der Waals surface area contributed by atoms with Crippen molar-refractivity contribution in [3.63, 3.8) is 0 Å². The first-order chi connectivity index (χ1) is 11.4. The van der Waals surface area contributed by atoms with Crippen LogP contribution in [0.5, 0.6) is 0 Å². The van der Waals surface area contributed by atoms with Gasteiger partial charge in [-0.2, -0.15) is 11.8 Å². The smallest absolute Gasteiger partial charge is 0.121 e. The Hall–Kier alpha value is -0.760. The molecule has 0 N–H and O–H groups in total. The summed E-state index contributed by atoms with van der Waals surface area (Å²) in [5, 5.41) is 0.340. The number of hydrogen-bond donors (Lipinski definition) is 0. The van der Waals surface area contributed by atoms with E-state index in [-0.39, 0.29) is 0 Å². The van der Waals surface area contributed by atoms with Gasteiger partial charge in [0.2, 0.25) is 0 Å². The maximum absolute atomic E-state index is 10.9. The zero-order valence-electron chi connectivity index (χ0n) is 14.8. The van der Waals surface area contributed by atoms with E-state index in [1.165, 1.54) is 75.5 Å². The minimum absolute atomic E-state index is 0.340. The van der Waals surface area contributed by atoms with Gasteiger partial charge in [-0.05, 0) is 17.7 Å². The van der Waals surface area contributed by atoms with Crippen molar-refractivity contribution in [2.24, 2.45) is 0 Å². The van der Waals surface area contributed by atoms with E-state index >= 15 is 0 Å². The molecule has 1 unspecified atom stereocenters. The second-order valence-electron chi connectivity index (χ2n) is 6.35. The summed E-state index contributed by atoms with van der Waals surface area (Å²) in [5.74, 6) is 1.17. The summed E-state index contributed by atoms with van der Waals surface area (Å²) >= 11 is 1.95. The first-order valence-electron chi connectivity index (χ1n) is 9.48. The number of carbonyl (C=O) groups is 1. The molecule has 0 aliphatic carbocycles. The van der Waals surface area contributed by atoms with E-state index in [4.69, 9.17) is 0 Å². The van der Waals surface area contributed by atoms with Crippen LogP contribution in [0.1, 0.15) is 88.4 Å². The largest absolute Gasteiger partial charge is 0.303 e. The van der Waals surface area contributed by atoms with Gasteiger partial charge in [-0.15, -0.1) is 0 Å². The SMILES string of the molecule is CCCCCCCCCCCCSC(CC=O)c1ccccc1. The van der Waals surface area contributed by atoms with Crippen molar-refractivity contribution in [2.75, 3.05) is 5.75 Å². The molecule has 2 heteroatoms. The van der Waals surface area contributed by atoms with Crippen LogP contribution in [-0.4, -0.2) is 12.0 Å². The van der Waals surface area contributed by atoms with Gasteiger partial charge in [-0.25, -0.2) is 0 Å². The molecule has 130 valence electrons. The molecule has 0 heterocycles. The minimum Gasteiger partial charge on any atom is -0.303 e. The molecule has 0 amide bonds. The Morgan fingerprint density at radius 3 is 2.00 bits per heavy atom. The standard InChI is InChI=1S/C21H34OS/c1-2-3-4-5-6-7-8-9-10-14-19-23-21(17-18-22)20-15-12-11-13-16-20/h11-13,15-16,18,21H,2-10,14,17,19H2,1H3. The summed E-state index contributed by atoms with van der Waals surface area (Å²) in [6, 6.07) is 10.4. The Kier molecular flexibility index (Phi) is 13.1. The lowest BCUT2D eigenvalue weighted by Crippen LogP contribution is -1.96. The summed E-state index contributed by atoms with van der Waals surface area (Å²) in [4.78, 5) is 10.9. The molecule has 1 atom stereocenters. The Morgan fingerprint density at radius 1 is 0.870 bits per heavy atom. The molecule has 0 aliphatic heterocycles. The third kappa shape index (κ3) is 10.6. The van der Waals surface area contributed by atoms with Gasteiger partial charge in [0.05, 0.1) is 0 Å². The Labute approximate surface area is 147 Å². The van der Waals surface area contributed by atoms with Crippen LogP contribution in [0.2, 0.25) is 0 Å². The Bertz CT molecular complexity index is 377. The zero-order chi connectivity index (χ0) is 16.6. The van der Waals surface area contributed by atoms with E-state index in [0.717, 1.165) is 6.29 Å². The number of thioether (sulfide) groups is 1. The van der Waals surface area contributed by atoms with Crippen molar-refractivity contribution in [1.29, 1.82) is 0 Å². The fourth-order valence-electron chi connectivity index (χ4n) is 2.87. The highest BCUT2D eigenvalue weighted by Gasteiger charge is 2.10. The molecule has 1 nitrogen and oxygen atoms in total. The molecular formula is C21H34OS. The first kappa shape index (κ1) is 20.3. The molecule has 23 heavy (non-hydrogen) atoms. The van der Waals surface area contributed by atoms with E-state index in [9.17, 15) is 4.79 Å². The van der Waals surface area contributed by atoms with Crippen molar-refractivity contribution in [3.05, 3.63) is 35.9 Å². The van der Waals surface area contributed by atoms with E-state index in [1.54, 1.807) is 0 Å². The lowest BCUT2D eigenvalue weighted by atomic mass is 10.1. The van der Waals surface area contributed by atoms with Gasteiger partial charge in [-0.1, -0.05) is 95.0 Å². The van der Waals surface area contributed by atoms with E-state index in [0.29, 0.717) is 11.7 Å². The lowest BCUT2D eigenvalue weighted by Gasteiger charge is -2.14. The van der Waals surface area contributed by atoms with Crippen LogP contribution in [0.3, 0.4) is 0 Å². The van der Waals surface area contributed by atoms with Crippen molar-refractivity contribution in [3.8, 4) is 0 Å². The highest BCUT2D eigenvalue weighted by molar-refractivity contribution is 7.99. The molecule has 0 fully saturated rings. The predicted molar refractivity (Wildman–Crippen MR) is 104 cm³/mol. The monoisotopic (exact) mass is 334 g/mol. The Balaban J connectivity index is 2.01. The third-order valence-electron chi connectivity index (χ3n) is 4.30. The van der Waals surface area contributed by atoms with E-state index in [2.05, 4.69) is 31.2 Å². The lowest BCUT2D eigenvalue weighted by molar-refractivity contribution is -0.107. The number of unbranched alkanes of at least 4 members (excludes halogenated alkanes) is 9. The quantitative estimate of drug-likeness (QED) is 0.254. The van der Waals surface area contributed by atoms with Gasteiger partial charge in [-0.3, -0.25) is 0 Å². The topological polar surface area (TPSA) is 17.1 Å². The molecule has 1 aromatic carbocycles. The van der Waals surface area contributed by atoms with Gasteiger partial charge in [0.1, 0.15) is 6.29 Å². The van der Waals surface area contributed by atoms with Crippen LogP contribution in [0.4, 0.5) is 0 Å². The van der Waals surface area contributed by atoms with E-state index in [1.807, 2.05) is 17.8 Å². The molecular weight excluding hydrogens is 300 g/mol. The Morgan fingerprint density at radius 2 is 1.43 bits per heavy atom. The maximum Gasteiger partial charge on any atom is 0.121 e. The van der Waals surface area contributed by atoms with Crippen molar-refractivity contribution in [1.82, 2.24) is 0 Å². The number of hydrogen-bond acceptors (Lipinski definition) is 2. The van der Waals surface area contributed by atoms with Gasteiger partial charge >= 0.3 is 0 Å². The van der Waals surface area contributed by atoms with Crippen molar-refractivity contribution >= 4 is 18.0 Å². The minimum atomic E-state index is 0.340. The molecule has 0 saturated carbocycles. The average Bonchev–Trinajstić information content (AvgIpc) is 2.59. The number of aldehydes is 1. The van der Waals surface area contributed by atoms with Crippen LogP contribution in [0.25, 0.3) is 0 Å². The van der Waals surface area contributed by atoms with Crippen LogP contribution >= 0.6 is 11.8 Å². The maximum atomic E-state index is 10.9. The number of carbonyl (C=O) groups excluding carboxylic acids is 1. The van der Waals surface area contributed by atoms with Crippen LogP contribution in [0, 0.1) is 0 Å². The zero-order valence-corrected chi connectivity index (χ0v) is 15.7. The number of rotatable bonds is 15. The highest BCUT2D eigenvalue weighted by Crippen LogP contribution is 2.32. The van der Waals surface area contributed by atoms with Gasteiger partial charge in [0, 0.05) is 11.7 Å². The second kappa shape index (κ2) is 14.8.